The molecular formula is C14H23NO2S. The Morgan fingerprint density at radius 3 is 2.39 bits per heavy atom. The molecule has 0 saturated carbocycles. The van der Waals surface area contributed by atoms with Gasteiger partial charge in [-0.3, -0.25) is 0 Å². The smallest absolute Gasteiger partial charge is 0.152 e. The molecule has 0 aliphatic heterocycles. The third-order valence-electron chi connectivity index (χ3n) is 2.88. The van der Waals surface area contributed by atoms with E-state index in [1.165, 1.54) is 0 Å². The Morgan fingerprint density at radius 1 is 1.17 bits per heavy atom. The molecule has 0 saturated heterocycles. The molecule has 0 heterocycles. The first-order valence-corrected chi connectivity index (χ1v) is 8.40. The molecular weight excluding hydrogens is 246 g/mol. The van der Waals surface area contributed by atoms with Gasteiger partial charge in [0.15, 0.2) is 9.84 Å². The Labute approximate surface area is 111 Å². The maximum absolute atomic E-state index is 12.0. The highest BCUT2D eigenvalue weighted by Gasteiger charge is 2.19. The van der Waals surface area contributed by atoms with E-state index in [2.05, 4.69) is 5.32 Å². The van der Waals surface area contributed by atoms with E-state index >= 15 is 0 Å². The van der Waals surface area contributed by atoms with Crippen LogP contribution in [-0.2, 0) is 9.84 Å². The third kappa shape index (κ3) is 5.19. The van der Waals surface area contributed by atoms with Crippen molar-refractivity contribution >= 4 is 9.84 Å². The summed E-state index contributed by atoms with van der Waals surface area (Å²) in [4.78, 5) is 0. The summed E-state index contributed by atoms with van der Waals surface area (Å²) in [6.07, 6.45) is 1.66. The maximum atomic E-state index is 12.0. The predicted octanol–water partition coefficient (Wildman–Crippen LogP) is 2.55. The average molecular weight is 269 g/mol. The van der Waals surface area contributed by atoms with Crippen LogP contribution in [0, 0.1) is 0 Å². The van der Waals surface area contributed by atoms with Crippen LogP contribution in [0.4, 0.5) is 0 Å². The summed E-state index contributed by atoms with van der Waals surface area (Å²) in [5.41, 5.74) is 1.04. The van der Waals surface area contributed by atoms with Crippen LogP contribution in [0.5, 0.6) is 0 Å². The van der Waals surface area contributed by atoms with Gasteiger partial charge in [0.25, 0.3) is 0 Å². The summed E-state index contributed by atoms with van der Waals surface area (Å²) in [6, 6.07) is 9.68. The van der Waals surface area contributed by atoms with Crippen LogP contribution in [0.1, 0.15) is 38.3 Å². The number of nitrogens with one attached hydrogen (secondary N) is 1. The lowest BCUT2D eigenvalue weighted by atomic mass is 10.1. The molecule has 3 nitrogen and oxygen atoms in total. The van der Waals surface area contributed by atoms with Crippen molar-refractivity contribution in [3.8, 4) is 0 Å². The summed E-state index contributed by atoms with van der Waals surface area (Å²) in [7, 11) is -2.98. The zero-order valence-corrected chi connectivity index (χ0v) is 12.0. The minimum atomic E-state index is -2.98. The standard InChI is InChI=1S/C14H23NO2S/c1-3-5-11-18(16,17)12-14(15-4-2)13-9-7-6-8-10-13/h6-10,14-15H,3-5,11-12H2,1-2H3. The molecule has 0 bridgehead atoms. The van der Waals surface area contributed by atoms with Gasteiger partial charge >= 0.3 is 0 Å². The van der Waals surface area contributed by atoms with E-state index in [9.17, 15) is 8.42 Å². The van der Waals surface area contributed by atoms with Gasteiger partial charge in [-0.05, 0) is 18.5 Å². The molecule has 1 aromatic rings. The Balaban J connectivity index is 2.75. The number of sulfone groups is 1. The van der Waals surface area contributed by atoms with Gasteiger partial charge in [0, 0.05) is 6.04 Å². The van der Waals surface area contributed by atoms with Crippen molar-refractivity contribution in [3.63, 3.8) is 0 Å². The second kappa shape index (κ2) is 7.54. The van der Waals surface area contributed by atoms with Crippen LogP contribution in [0.3, 0.4) is 0 Å². The van der Waals surface area contributed by atoms with Crippen molar-refractivity contribution in [1.29, 1.82) is 0 Å². The lowest BCUT2D eigenvalue weighted by molar-refractivity contribution is 0.557. The van der Waals surface area contributed by atoms with Crippen LogP contribution in [0.25, 0.3) is 0 Å². The van der Waals surface area contributed by atoms with Crippen molar-refractivity contribution in [2.24, 2.45) is 0 Å². The number of hydrogen-bond acceptors (Lipinski definition) is 3. The highest BCUT2D eigenvalue weighted by molar-refractivity contribution is 7.91. The molecule has 1 N–H and O–H groups in total. The second-order valence-corrected chi connectivity index (χ2v) is 6.72. The average Bonchev–Trinajstić information content (AvgIpc) is 2.37. The van der Waals surface area contributed by atoms with Gasteiger partial charge < -0.3 is 5.32 Å². The van der Waals surface area contributed by atoms with E-state index < -0.39 is 9.84 Å². The van der Waals surface area contributed by atoms with Gasteiger partial charge in [0.2, 0.25) is 0 Å². The molecule has 1 aromatic carbocycles. The summed E-state index contributed by atoms with van der Waals surface area (Å²) in [5.74, 6) is 0.475. The normalized spacial score (nSPS) is 13.4. The molecule has 18 heavy (non-hydrogen) atoms. The van der Waals surface area contributed by atoms with Gasteiger partial charge in [-0.2, -0.15) is 0 Å². The first-order chi connectivity index (χ1) is 8.59. The zero-order chi connectivity index (χ0) is 13.4. The second-order valence-electron chi connectivity index (χ2n) is 4.49. The lowest BCUT2D eigenvalue weighted by Crippen LogP contribution is -2.29. The van der Waals surface area contributed by atoms with Crippen molar-refractivity contribution < 1.29 is 8.42 Å². The SMILES string of the molecule is CCCCS(=O)(=O)CC(NCC)c1ccccc1. The molecule has 0 fully saturated rings. The molecule has 0 aliphatic carbocycles. The van der Waals surface area contributed by atoms with Gasteiger partial charge in [-0.15, -0.1) is 0 Å². The van der Waals surface area contributed by atoms with Crippen molar-refractivity contribution in [3.05, 3.63) is 35.9 Å². The fraction of sp³-hybridized carbons (Fsp3) is 0.571. The van der Waals surface area contributed by atoms with Crippen molar-refractivity contribution in [2.45, 2.75) is 32.7 Å². The van der Waals surface area contributed by atoms with Gasteiger partial charge in [0.05, 0.1) is 11.5 Å². The van der Waals surface area contributed by atoms with Crippen LogP contribution in [-0.4, -0.2) is 26.5 Å². The van der Waals surface area contributed by atoms with E-state index in [4.69, 9.17) is 0 Å². The first kappa shape index (κ1) is 15.2. The highest BCUT2D eigenvalue weighted by Crippen LogP contribution is 2.15. The number of unbranched alkanes of at least 4 members (excludes halogenated alkanes) is 1. The minimum absolute atomic E-state index is 0.0990. The Hall–Kier alpha value is -0.870. The molecule has 1 atom stereocenters. The van der Waals surface area contributed by atoms with Crippen LogP contribution < -0.4 is 5.32 Å². The van der Waals surface area contributed by atoms with Crippen molar-refractivity contribution in [2.75, 3.05) is 18.1 Å². The summed E-state index contributed by atoms with van der Waals surface area (Å²) in [5, 5.41) is 3.25. The van der Waals surface area contributed by atoms with E-state index in [0.717, 1.165) is 24.9 Å². The summed E-state index contributed by atoms with van der Waals surface area (Å²) < 4.78 is 24.0. The van der Waals surface area contributed by atoms with E-state index in [0.29, 0.717) is 0 Å². The monoisotopic (exact) mass is 269 g/mol. The summed E-state index contributed by atoms with van der Waals surface area (Å²) >= 11 is 0. The number of benzene rings is 1. The summed E-state index contributed by atoms with van der Waals surface area (Å²) in [6.45, 7) is 4.77. The van der Waals surface area contributed by atoms with E-state index in [-0.39, 0.29) is 17.5 Å². The molecule has 102 valence electrons. The molecule has 0 amide bonds. The fourth-order valence-electron chi connectivity index (χ4n) is 1.91. The molecule has 1 rings (SSSR count). The number of hydrogen-bond donors (Lipinski definition) is 1. The fourth-order valence-corrected chi connectivity index (χ4v) is 3.62. The zero-order valence-electron chi connectivity index (χ0n) is 11.2. The first-order valence-electron chi connectivity index (χ1n) is 6.57. The van der Waals surface area contributed by atoms with Crippen molar-refractivity contribution in [1.82, 2.24) is 5.32 Å². The van der Waals surface area contributed by atoms with Gasteiger partial charge in [0.1, 0.15) is 0 Å². The maximum Gasteiger partial charge on any atom is 0.152 e. The highest BCUT2D eigenvalue weighted by atomic mass is 32.2. The molecule has 0 aliphatic rings. The third-order valence-corrected chi connectivity index (χ3v) is 4.63. The largest absolute Gasteiger partial charge is 0.309 e. The van der Waals surface area contributed by atoms with E-state index in [1.807, 2.05) is 44.2 Å². The molecule has 0 radical (unpaired) electrons. The molecule has 0 aromatic heterocycles. The Bertz CT molecular complexity index is 428. The lowest BCUT2D eigenvalue weighted by Gasteiger charge is -2.18. The minimum Gasteiger partial charge on any atom is -0.309 e. The molecule has 1 unspecified atom stereocenters. The van der Waals surface area contributed by atoms with Crippen LogP contribution in [0.2, 0.25) is 0 Å². The molecule has 0 spiro atoms. The van der Waals surface area contributed by atoms with E-state index in [1.54, 1.807) is 0 Å². The van der Waals surface area contributed by atoms with Gasteiger partial charge in [-0.1, -0.05) is 50.6 Å². The quantitative estimate of drug-likeness (QED) is 0.789. The Kier molecular flexibility index (Phi) is 6.36. The molecule has 4 heteroatoms. The van der Waals surface area contributed by atoms with Crippen LogP contribution in [0.15, 0.2) is 30.3 Å². The predicted molar refractivity (Wildman–Crippen MR) is 76.4 cm³/mol. The number of rotatable bonds is 8. The topological polar surface area (TPSA) is 46.2 Å². The van der Waals surface area contributed by atoms with Crippen LogP contribution >= 0.6 is 0 Å². The Morgan fingerprint density at radius 2 is 1.83 bits per heavy atom. The van der Waals surface area contributed by atoms with Gasteiger partial charge in [-0.25, -0.2) is 8.42 Å².